The lowest BCUT2D eigenvalue weighted by Crippen LogP contribution is -2.41. The average Bonchev–Trinajstić information content (AvgIpc) is 2.91. The minimum atomic E-state index is -5.08. The molecule has 1 atom stereocenters. The minimum absolute atomic E-state index is 0.0571. The summed E-state index contributed by atoms with van der Waals surface area (Å²) < 4.78 is 45.0. The van der Waals surface area contributed by atoms with E-state index in [9.17, 15) is 22.8 Å². The molecule has 0 radical (unpaired) electrons. The molecule has 0 aliphatic carbocycles. The van der Waals surface area contributed by atoms with Gasteiger partial charge < -0.3 is 24.5 Å². The van der Waals surface area contributed by atoms with E-state index < -0.39 is 24.2 Å². The number of nitrogens with zero attached hydrogens (tertiary/aromatic N) is 2. The number of carbonyl (C=O) groups is 2. The third-order valence-corrected chi connectivity index (χ3v) is 5.48. The van der Waals surface area contributed by atoms with E-state index in [0.29, 0.717) is 11.5 Å². The third-order valence-electron chi connectivity index (χ3n) is 5.48. The molecule has 5 rings (SSSR count). The second-order valence-electron chi connectivity index (χ2n) is 8.12. The van der Waals surface area contributed by atoms with E-state index in [4.69, 9.17) is 19.4 Å². The number of halogens is 3. The molecule has 1 amide bonds. The molecule has 1 aliphatic rings. The van der Waals surface area contributed by atoms with Gasteiger partial charge in [-0.3, -0.25) is 14.6 Å². The van der Waals surface area contributed by atoms with Gasteiger partial charge >= 0.3 is 12.1 Å². The van der Waals surface area contributed by atoms with Crippen LogP contribution in [0.15, 0.2) is 78.0 Å². The second-order valence-corrected chi connectivity index (χ2v) is 8.12. The largest absolute Gasteiger partial charge is 0.490 e. The predicted octanol–water partition coefficient (Wildman–Crippen LogP) is 4.01. The molecule has 0 saturated heterocycles. The number of carboxylic acids is 1. The zero-order chi connectivity index (χ0) is 27.4. The number of ether oxygens (including phenoxy) is 2. The number of hydrogen-bond donors (Lipinski definition) is 2. The standard InChI is InChI=1S/C24H19N3O4.C2HF3O2/c1-27-13-17(15-8-10-25-11-9-15)12-19(24(27)29)26-23(28)21-14-30-20-7-6-16-4-2-3-5-18(16)22(20)31-21;3-2(4,5)1(6)7/h2-13,21H,14H2,1H3,(H,26,28);(H,6,7). The molecule has 2 aromatic carbocycles. The maximum absolute atomic E-state index is 13.0. The van der Waals surface area contributed by atoms with Crippen molar-refractivity contribution in [1.29, 1.82) is 0 Å². The molecular weight excluding hydrogens is 507 g/mol. The predicted molar refractivity (Wildman–Crippen MR) is 131 cm³/mol. The normalized spacial score (nSPS) is 14.3. The van der Waals surface area contributed by atoms with Crippen LogP contribution in [0.3, 0.4) is 0 Å². The zero-order valence-electron chi connectivity index (χ0n) is 19.7. The number of carboxylic acid groups (broad SMARTS) is 1. The number of anilines is 1. The van der Waals surface area contributed by atoms with E-state index in [1.807, 2.05) is 48.5 Å². The summed E-state index contributed by atoms with van der Waals surface area (Å²) >= 11 is 0. The molecule has 0 bridgehead atoms. The highest BCUT2D eigenvalue weighted by molar-refractivity contribution is 5.96. The van der Waals surface area contributed by atoms with Crippen molar-refractivity contribution in [3.05, 3.63) is 83.5 Å². The Morgan fingerprint density at radius 3 is 2.45 bits per heavy atom. The summed E-state index contributed by atoms with van der Waals surface area (Å²) in [5, 5.41) is 11.7. The van der Waals surface area contributed by atoms with Gasteiger partial charge in [-0.05, 0) is 35.2 Å². The topological polar surface area (TPSA) is 120 Å². The number of fused-ring (bicyclic) bond motifs is 3. The maximum atomic E-state index is 13.0. The SMILES string of the molecule is Cn1cc(-c2ccncc2)cc(NC(=O)C2COc3ccc4ccccc4c3O2)c1=O.O=C(O)C(F)(F)F. The van der Waals surface area contributed by atoms with Crippen LogP contribution in [0, 0.1) is 0 Å². The van der Waals surface area contributed by atoms with Crippen LogP contribution in [0.25, 0.3) is 21.9 Å². The quantitative estimate of drug-likeness (QED) is 0.413. The molecule has 38 heavy (non-hydrogen) atoms. The Morgan fingerprint density at radius 2 is 1.76 bits per heavy atom. The molecule has 12 heteroatoms. The van der Waals surface area contributed by atoms with E-state index in [0.717, 1.165) is 21.9 Å². The van der Waals surface area contributed by atoms with E-state index in [1.165, 1.54) is 4.57 Å². The number of carbonyl (C=O) groups excluding carboxylic acids is 1. The zero-order valence-corrected chi connectivity index (χ0v) is 19.7. The van der Waals surface area contributed by atoms with Crippen LogP contribution in [0.2, 0.25) is 0 Å². The van der Waals surface area contributed by atoms with Crippen molar-refractivity contribution < 1.29 is 37.3 Å². The molecule has 4 aromatic rings. The van der Waals surface area contributed by atoms with Gasteiger partial charge in [0.05, 0.1) is 0 Å². The van der Waals surface area contributed by atoms with Crippen LogP contribution in [0.1, 0.15) is 0 Å². The summed E-state index contributed by atoms with van der Waals surface area (Å²) in [4.78, 5) is 38.5. The summed E-state index contributed by atoms with van der Waals surface area (Å²) in [5.41, 5.74) is 1.54. The Morgan fingerprint density at radius 1 is 1.08 bits per heavy atom. The third kappa shape index (κ3) is 5.75. The summed E-state index contributed by atoms with van der Waals surface area (Å²) in [5.74, 6) is -2.07. The molecule has 3 heterocycles. The number of pyridine rings is 2. The van der Waals surface area contributed by atoms with Crippen LogP contribution < -0.4 is 20.3 Å². The number of rotatable bonds is 3. The van der Waals surface area contributed by atoms with Crippen LogP contribution in [0.5, 0.6) is 11.5 Å². The number of nitrogens with one attached hydrogen (secondary N) is 1. The second kappa shape index (κ2) is 10.6. The maximum Gasteiger partial charge on any atom is 0.490 e. The van der Waals surface area contributed by atoms with Gasteiger partial charge in [0.25, 0.3) is 11.5 Å². The first-order valence-electron chi connectivity index (χ1n) is 11.1. The Hall–Kier alpha value is -4.87. The van der Waals surface area contributed by atoms with Gasteiger partial charge in [0.1, 0.15) is 12.3 Å². The Labute approximate surface area is 213 Å². The number of benzene rings is 2. The van der Waals surface area contributed by atoms with E-state index in [1.54, 1.807) is 31.7 Å². The summed E-state index contributed by atoms with van der Waals surface area (Å²) in [6.07, 6.45) is -0.898. The first-order chi connectivity index (χ1) is 18.0. The number of amides is 1. The Balaban J connectivity index is 0.000000426. The first-order valence-corrected chi connectivity index (χ1v) is 11.1. The lowest BCUT2D eigenvalue weighted by Gasteiger charge is -2.26. The average molecular weight is 527 g/mol. The molecule has 196 valence electrons. The van der Waals surface area contributed by atoms with Crippen molar-refractivity contribution in [2.75, 3.05) is 11.9 Å². The van der Waals surface area contributed by atoms with Gasteiger partial charge in [-0.25, -0.2) is 4.79 Å². The smallest absolute Gasteiger partial charge is 0.485 e. The van der Waals surface area contributed by atoms with Crippen molar-refractivity contribution in [3.8, 4) is 22.6 Å². The highest BCUT2D eigenvalue weighted by atomic mass is 19.4. The van der Waals surface area contributed by atoms with Gasteiger partial charge in [-0.15, -0.1) is 0 Å². The molecule has 2 N–H and O–H groups in total. The molecule has 1 aliphatic heterocycles. The van der Waals surface area contributed by atoms with Crippen LogP contribution in [-0.2, 0) is 16.6 Å². The molecule has 9 nitrogen and oxygen atoms in total. The van der Waals surface area contributed by atoms with E-state index in [2.05, 4.69) is 10.3 Å². The molecule has 0 fully saturated rings. The summed E-state index contributed by atoms with van der Waals surface area (Å²) in [7, 11) is 1.64. The minimum Gasteiger partial charge on any atom is -0.485 e. The van der Waals surface area contributed by atoms with Crippen LogP contribution in [0.4, 0.5) is 18.9 Å². The van der Waals surface area contributed by atoms with Crippen LogP contribution >= 0.6 is 0 Å². The summed E-state index contributed by atoms with van der Waals surface area (Å²) in [6, 6.07) is 16.9. The van der Waals surface area contributed by atoms with Gasteiger partial charge in [0, 0.05) is 36.6 Å². The lowest BCUT2D eigenvalue weighted by atomic mass is 10.1. The number of aromatic nitrogens is 2. The lowest BCUT2D eigenvalue weighted by molar-refractivity contribution is -0.192. The molecule has 0 saturated carbocycles. The van der Waals surface area contributed by atoms with Crippen molar-refractivity contribution in [2.45, 2.75) is 12.3 Å². The van der Waals surface area contributed by atoms with Crippen molar-refractivity contribution in [1.82, 2.24) is 9.55 Å². The molecule has 0 spiro atoms. The van der Waals surface area contributed by atoms with Gasteiger partial charge in [-0.1, -0.05) is 30.3 Å². The van der Waals surface area contributed by atoms with Crippen molar-refractivity contribution in [3.63, 3.8) is 0 Å². The fourth-order valence-electron chi connectivity index (χ4n) is 3.65. The van der Waals surface area contributed by atoms with Crippen molar-refractivity contribution >= 4 is 28.3 Å². The number of alkyl halides is 3. The Bertz CT molecular complexity index is 1550. The van der Waals surface area contributed by atoms with E-state index >= 15 is 0 Å². The fourth-order valence-corrected chi connectivity index (χ4v) is 3.65. The van der Waals surface area contributed by atoms with Gasteiger partial charge in [-0.2, -0.15) is 13.2 Å². The highest BCUT2D eigenvalue weighted by Gasteiger charge is 2.38. The molecular formula is C26H20F3N3O6. The number of aliphatic carboxylic acids is 1. The van der Waals surface area contributed by atoms with E-state index in [-0.39, 0.29) is 17.9 Å². The number of hydrogen-bond acceptors (Lipinski definition) is 6. The Kier molecular flexibility index (Phi) is 7.33. The van der Waals surface area contributed by atoms with Crippen LogP contribution in [-0.4, -0.2) is 45.4 Å². The molecule has 1 unspecified atom stereocenters. The summed E-state index contributed by atoms with van der Waals surface area (Å²) in [6.45, 7) is 0.0571. The van der Waals surface area contributed by atoms with Gasteiger partial charge in [0.2, 0.25) is 6.10 Å². The highest BCUT2D eigenvalue weighted by Crippen LogP contribution is 2.38. The van der Waals surface area contributed by atoms with Crippen molar-refractivity contribution in [2.24, 2.45) is 7.05 Å². The monoisotopic (exact) mass is 527 g/mol. The van der Waals surface area contributed by atoms with Gasteiger partial charge in [0.15, 0.2) is 11.5 Å². The molecule has 2 aromatic heterocycles. The first kappa shape index (κ1) is 26.2. The fraction of sp³-hybridized carbons (Fsp3) is 0.154. The number of aryl methyl sites for hydroxylation is 1.